The molecule has 138 valence electrons. The molecule has 1 saturated heterocycles. The second-order valence-electron chi connectivity index (χ2n) is 6.49. The lowest BCUT2D eigenvalue weighted by atomic mass is 10.1. The smallest absolute Gasteiger partial charge is 0.162 e. The van der Waals surface area contributed by atoms with Crippen LogP contribution in [0.5, 0.6) is 11.5 Å². The molecule has 0 atom stereocenters. The van der Waals surface area contributed by atoms with Gasteiger partial charge >= 0.3 is 0 Å². The molecule has 0 saturated carbocycles. The van der Waals surface area contributed by atoms with E-state index in [0.29, 0.717) is 11.5 Å². The lowest BCUT2D eigenvalue weighted by Crippen LogP contribution is -2.54. The molecule has 27 heavy (non-hydrogen) atoms. The molecule has 0 aliphatic carbocycles. The first-order valence-electron chi connectivity index (χ1n) is 8.81. The van der Waals surface area contributed by atoms with Gasteiger partial charge in [-0.2, -0.15) is 0 Å². The van der Waals surface area contributed by atoms with Crippen LogP contribution in [0.1, 0.15) is 5.56 Å². The average Bonchev–Trinajstić information content (AvgIpc) is 2.64. The van der Waals surface area contributed by atoms with E-state index in [1.807, 2.05) is 42.5 Å². The Labute approximate surface area is 166 Å². The van der Waals surface area contributed by atoms with Gasteiger partial charge in [-0.3, -0.25) is 0 Å². The number of ether oxygens (including phenoxy) is 2. The summed E-state index contributed by atoms with van der Waals surface area (Å²) in [6.07, 6.45) is 0.107. The van der Waals surface area contributed by atoms with Gasteiger partial charge in [-0.25, -0.2) is 4.39 Å². The number of nitrogens with zero attached hydrogens (tertiary/aromatic N) is 1. The summed E-state index contributed by atoms with van der Waals surface area (Å²) >= 11 is 3.48. The van der Waals surface area contributed by atoms with Gasteiger partial charge in [-0.05, 0) is 48.0 Å². The molecule has 1 heterocycles. The summed E-state index contributed by atoms with van der Waals surface area (Å²) < 4.78 is 26.3. The highest BCUT2D eigenvalue weighted by atomic mass is 79.9. The zero-order valence-electron chi connectivity index (χ0n) is 14.6. The van der Waals surface area contributed by atoms with E-state index in [1.165, 1.54) is 17.8 Å². The van der Waals surface area contributed by atoms with E-state index in [9.17, 15) is 4.39 Å². The normalized spacial score (nSPS) is 13.9. The van der Waals surface area contributed by atoms with Crippen LogP contribution in [-0.2, 0) is 6.61 Å². The van der Waals surface area contributed by atoms with Gasteiger partial charge in [0.05, 0.1) is 13.1 Å². The Bertz CT molecular complexity index is 913. The predicted octanol–water partition coefficient (Wildman–Crippen LogP) is 5.43. The molecule has 4 rings (SSSR count). The summed E-state index contributed by atoms with van der Waals surface area (Å²) in [5.41, 5.74) is 1.98. The molecule has 1 aliphatic heterocycles. The van der Waals surface area contributed by atoms with Gasteiger partial charge in [0.25, 0.3) is 0 Å². The van der Waals surface area contributed by atoms with Gasteiger partial charge in [0.1, 0.15) is 18.5 Å². The van der Waals surface area contributed by atoms with Gasteiger partial charge in [0.15, 0.2) is 11.5 Å². The van der Waals surface area contributed by atoms with Crippen molar-refractivity contribution in [3.05, 3.63) is 88.6 Å². The zero-order chi connectivity index (χ0) is 18.6. The molecule has 0 amide bonds. The minimum Gasteiger partial charge on any atom is -0.485 e. The monoisotopic (exact) mass is 427 g/mol. The molecule has 1 aliphatic rings. The maximum Gasteiger partial charge on any atom is 0.162 e. The SMILES string of the molecule is Fc1cccc(COc2ccc(Br)cc2OC2CN(c3ccccc3)C2)c1. The summed E-state index contributed by atoms with van der Waals surface area (Å²) in [6, 6.07) is 22.4. The van der Waals surface area contributed by atoms with Crippen LogP contribution in [0, 0.1) is 5.82 Å². The molecule has 5 heteroatoms. The van der Waals surface area contributed by atoms with E-state index < -0.39 is 0 Å². The molecular formula is C22H19BrFNO2. The van der Waals surface area contributed by atoms with E-state index in [0.717, 1.165) is 23.1 Å². The molecule has 0 radical (unpaired) electrons. The van der Waals surface area contributed by atoms with Crippen LogP contribution in [0.25, 0.3) is 0 Å². The first-order valence-corrected chi connectivity index (χ1v) is 9.60. The van der Waals surface area contributed by atoms with Crippen molar-refractivity contribution in [1.82, 2.24) is 0 Å². The van der Waals surface area contributed by atoms with E-state index >= 15 is 0 Å². The summed E-state index contributed by atoms with van der Waals surface area (Å²) in [5, 5.41) is 0. The molecule has 1 fully saturated rings. The highest BCUT2D eigenvalue weighted by Gasteiger charge is 2.29. The fraction of sp³-hybridized carbons (Fsp3) is 0.182. The third-order valence-electron chi connectivity index (χ3n) is 4.45. The van der Waals surface area contributed by atoms with Crippen LogP contribution < -0.4 is 14.4 Å². The molecule has 0 aromatic heterocycles. The fourth-order valence-electron chi connectivity index (χ4n) is 3.02. The third-order valence-corrected chi connectivity index (χ3v) is 4.95. The summed E-state index contributed by atoms with van der Waals surface area (Å²) in [5.74, 6) is 1.08. The number of rotatable bonds is 6. The van der Waals surface area contributed by atoms with Crippen LogP contribution in [0.4, 0.5) is 10.1 Å². The Morgan fingerprint density at radius 3 is 2.52 bits per heavy atom. The van der Waals surface area contributed by atoms with Crippen molar-refractivity contribution in [2.45, 2.75) is 12.7 Å². The van der Waals surface area contributed by atoms with Crippen LogP contribution in [0.3, 0.4) is 0 Å². The van der Waals surface area contributed by atoms with E-state index in [2.05, 4.69) is 33.0 Å². The maximum absolute atomic E-state index is 13.3. The van der Waals surface area contributed by atoms with E-state index in [1.54, 1.807) is 6.07 Å². The Hall–Kier alpha value is -2.53. The Balaban J connectivity index is 1.40. The Kier molecular flexibility index (Phi) is 5.30. The van der Waals surface area contributed by atoms with Crippen molar-refractivity contribution < 1.29 is 13.9 Å². The minimum absolute atomic E-state index is 0.107. The zero-order valence-corrected chi connectivity index (χ0v) is 16.2. The molecule has 3 nitrogen and oxygen atoms in total. The van der Waals surface area contributed by atoms with Crippen molar-refractivity contribution in [1.29, 1.82) is 0 Å². The van der Waals surface area contributed by atoms with Gasteiger partial charge in [-0.1, -0.05) is 46.3 Å². The molecule has 0 N–H and O–H groups in total. The van der Waals surface area contributed by atoms with Gasteiger partial charge in [0, 0.05) is 10.2 Å². The lowest BCUT2D eigenvalue weighted by Gasteiger charge is -2.40. The second-order valence-corrected chi connectivity index (χ2v) is 7.41. The summed E-state index contributed by atoms with van der Waals surface area (Å²) in [6.45, 7) is 1.95. The van der Waals surface area contributed by atoms with Crippen LogP contribution in [-0.4, -0.2) is 19.2 Å². The van der Waals surface area contributed by atoms with Crippen molar-refractivity contribution >= 4 is 21.6 Å². The number of benzene rings is 3. The molecule has 3 aromatic rings. The number of anilines is 1. The quantitative estimate of drug-likeness (QED) is 0.522. The second kappa shape index (κ2) is 8.01. The third kappa shape index (κ3) is 4.42. The first-order chi connectivity index (χ1) is 13.2. The van der Waals surface area contributed by atoms with Crippen LogP contribution in [0.2, 0.25) is 0 Å². The average molecular weight is 428 g/mol. The molecule has 0 unspecified atom stereocenters. The molecule has 3 aromatic carbocycles. The first kappa shape index (κ1) is 17.9. The standard InChI is InChI=1S/C22H19BrFNO2/c23-17-9-10-21(26-15-16-5-4-6-18(24)11-16)22(12-17)27-20-13-25(14-20)19-7-2-1-3-8-19/h1-12,20H,13-15H2. The topological polar surface area (TPSA) is 21.7 Å². The van der Waals surface area contributed by atoms with Gasteiger partial charge in [0.2, 0.25) is 0 Å². The van der Waals surface area contributed by atoms with Crippen molar-refractivity contribution in [3.63, 3.8) is 0 Å². The number of hydrogen-bond acceptors (Lipinski definition) is 3. The van der Waals surface area contributed by atoms with Gasteiger partial charge in [-0.15, -0.1) is 0 Å². The number of hydrogen-bond donors (Lipinski definition) is 0. The van der Waals surface area contributed by atoms with E-state index in [-0.39, 0.29) is 18.5 Å². The molecular weight excluding hydrogens is 409 g/mol. The highest BCUT2D eigenvalue weighted by molar-refractivity contribution is 9.10. The minimum atomic E-state index is -0.265. The van der Waals surface area contributed by atoms with E-state index in [4.69, 9.17) is 9.47 Å². The molecule has 0 spiro atoms. The predicted molar refractivity (Wildman–Crippen MR) is 108 cm³/mol. The highest BCUT2D eigenvalue weighted by Crippen LogP contribution is 2.34. The Morgan fingerprint density at radius 2 is 1.74 bits per heavy atom. The summed E-state index contributed by atoms with van der Waals surface area (Å²) in [4.78, 5) is 2.27. The van der Waals surface area contributed by atoms with Crippen molar-refractivity contribution in [3.8, 4) is 11.5 Å². The van der Waals surface area contributed by atoms with Crippen molar-refractivity contribution in [2.75, 3.05) is 18.0 Å². The van der Waals surface area contributed by atoms with Gasteiger partial charge < -0.3 is 14.4 Å². The molecule has 0 bridgehead atoms. The number of para-hydroxylation sites is 1. The number of halogens is 2. The summed E-state index contributed by atoms with van der Waals surface area (Å²) in [7, 11) is 0. The largest absolute Gasteiger partial charge is 0.485 e. The van der Waals surface area contributed by atoms with Crippen molar-refractivity contribution in [2.24, 2.45) is 0 Å². The lowest BCUT2D eigenvalue weighted by molar-refractivity contribution is 0.157. The maximum atomic E-state index is 13.3. The Morgan fingerprint density at radius 1 is 0.926 bits per heavy atom. The van der Waals surface area contributed by atoms with Crippen LogP contribution >= 0.6 is 15.9 Å². The fourth-order valence-corrected chi connectivity index (χ4v) is 3.36. The van der Waals surface area contributed by atoms with Crippen LogP contribution in [0.15, 0.2) is 77.3 Å².